The second-order valence-corrected chi connectivity index (χ2v) is 5.93. The van der Waals surface area contributed by atoms with E-state index in [0.717, 1.165) is 44.7 Å². The van der Waals surface area contributed by atoms with E-state index in [4.69, 9.17) is 23.2 Å². The van der Waals surface area contributed by atoms with Crippen molar-refractivity contribution in [3.8, 4) is 0 Å². The van der Waals surface area contributed by atoms with E-state index < -0.39 is 0 Å². The lowest BCUT2D eigenvalue weighted by Crippen LogP contribution is -2.35. The zero-order valence-electron chi connectivity index (χ0n) is 11.7. The van der Waals surface area contributed by atoms with Crippen LogP contribution in [0.15, 0.2) is 18.2 Å². The van der Waals surface area contributed by atoms with Gasteiger partial charge in [-0.25, -0.2) is 0 Å². The van der Waals surface area contributed by atoms with Gasteiger partial charge in [-0.05, 0) is 37.6 Å². The molecule has 0 radical (unpaired) electrons. The molecule has 1 amide bonds. The third kappa shape index (κ3) is 3.87. The number of nitrogens with zero attached hydrogens (tertiary/aromatic N) is 2. The number of hydrogen-bond donors (Lipinski definition) is 0. The van der Waals surface area contributed by atoms with Crippen LogP contribution in [-0.2, 0) is 0 Å². The van der Waals surface area contributed by atoms with Gasteiger partial charge in [-0.3, -0.25) is 4.79 Å². The predicted octanol–water partition coefficient (Wildman–Crippen LogP) is 3.04. The Morgan fingerprint density at radius 3 is 2.75 bits per heavy atom. The largest absolute Gasteiger partial charge is 0.337 e. The zero-order chi connectivity index (χ0) is 14.5. The molecule has 0 aromatic heterocycles. The van der Waals surface area contributed by atoms with Crippen LogP contribution in [0.3, 0.4) is 0 Å². The lowest BCUT2D eigenvalue weighted by Gasteiger charge is -2.21. The highest BCUT2D eigenvalue weighted by Crippen LogP contribution is 2.18. The lowest BCUT2D eigenvalue weighted by atomic mass is 10.1. The van der Waals surface area contributed by atoms with Crippen molar-refractivity contribution in [1.82, 2.24) is 9.80 Å². The van der Waals surface area contributed by atoms with E-state index in [1.165, 1.54) is 0 Å². The molecule has 2 rings (SSSR count). The number of halogens is 2. The van der Waals surface area contributed by atoms with Crippen LogP contribution in [0.2, 0.25) is 5.02 Å². The predicted molar refractivity (Wildman–Crippen MR) is 83.9 cm³/mol. The van der Waals surface area contributed by atoms with E-state index in [-0.39, 0.29) is 5.91 Å². The Hall–Kier alpha value is -0.770. The van der Waals surface area contributed by atoms with Crippen molar-refractivity contribution in [3.63, 3.8) is 0 Å². The Kier molecular flexibility index (Phi) is 5.70. The molecule has 1 aliphatic rings. The fraction of sp³-hybridized carbons (Fsp3) is 0.533. The molecule has 5 heteroatoms. The molecular weight excluding hydrogens is 295 g/mol. The summed E-state index contributed by atoms with van der Waals surface area (Å²) in [6.45, 7) is 6.26. The molecule has 1 fully saturated rings. The number of carbonyl (C=O) groups excluding carboxylic acids is 1. The molecule has 0 bridgehead atoms. The first-order chi connectivity index (χ1) is 9.61. The first kappa shape index (κ1) is 15.6. The summed E-state index contributed by atoms with van der Waals surface area (Å²) in [5.74, 6) is 0.709. The molecule has 1 heterocycles. The van der Waals surface area contributed by atoms with E-state index in [0.29, 0.717) is 16.5 Å². The Morgan fingerprint density at radius 1 is 1.25 bits per heavy atom. The Bertz CT molecular complexity index is 479. The van der Waals surface area contributed by atoms with Gasteiger partial charge >= 0.3 is 0 Å². The molecule has 0 unspecified atom stereocenters. The summed E-state index contributed by atoms with van der Waals surface area (Å²) in [4.78, 5) is 16.7. The number of rotatable bonds is 3. The normalized spacial score (nSPS) is 17.1. The van der Waals surface area contributed by atoms with Crippen LogP contribution in [-0.4, -0.2) is 54.3 Å². The second-order valence-electron chi connectivity index (χ2n) is 5.14. The smallest absolute Gasteiger partial charge is 0.253 e. The van der Waals surface area contributed by atoms with Gasteiger partial charge in [0.05, 0.1) is 0 Å². The van der Waals surface area contributed by atoms with Crippen molar-refractivity contribution in [2.45, 2.75) is 13.3 Å². The molecule has 0 N–H and O–H groups in total. The average molecular weight is 315 g/mol. The van der Waals surface area contributed by atoms with Crippen molar-refractivity contribution in [1.29, 1.82) is 0 Å². The number of aryl methyl sites for hydroxylation is 1. The van der Waals surface area contributed by atoms with Crippen LogP contribution in [0.4, 0.5) is 0 Å². The number of alkyl halides is 1. The van der Waals surface area contributed by atoms with Gasteiger partial charge in [-0.2, -0.15) is 0 Å². The summed E-state index contributed by atoms with van der Waals surface area (Å²) in [6, 6.07) is 5.51. The van der Waals surface area contributed by atoms with Crippen molar-refractivity contribution < 1.29 is 4.79 Å². The molecule has 20 heavy (non-hydrogen) atoms. The van der Waals surface area contributed by atoms with Crippen LogP contribution in [0.25, 0.3) is 0 Å². The van der Waals surface area contributed by atoms with Gasteiger partial charge in [0.1, 0.15) is 0 Å². The summed E-state index contributed by atoms with van der Waals surface area (Å²) in [6.07, 6.45) is 0.988. The number of amides is 1. The van der Waals surface area contributed by atoms with E-state index in [1.807, 2.05) is 24.0 Å². The van der Waals surface area contributed by atoms with Crippen molar-refractivity contribution in [2.24, 2.45) is 0 Å². The number of carbonyl (C=O) groups is 1. The van der Waals surface area contributed by atoms with Crippen LogP contribution in [0.5, 0.6) is 0 Å². The summed E-state index contributed by atoms with van der Waals surface area (Å²) in [5.41, 5.74) is 1.67. The summed E-state index contributed by atoms with van der Waals surface area (Å²) in [7, 11) is 0. The molecule has 0 atom stereocenters. The SMILES string of the molecule is Cc1ccc(C(=O)N2CCCN(CCCl)CC2)cc1Cl. The molecule has 1 aliphatic heterocycles. The third-order valence-corrected chi connectivity index (χ3v) is 4.27. The highest BCUT2D eigenvalue weighted by molar-refractivity contribution is 6.31. The van der Waals surface area contributed by atoms with Crippen molar-refractivity contribution >= 4 is 29.1 Å². The molecule has 110 valence electrons. The lowest BCUT2D eigenvalue weighted by molar-refractivity contribution is 0.0762. The average Bonchev–Trinajstić information content (AvgIpc) is 2.67. The first-order valence-electron chi connectivity index (χ1n) is 6.95. The third-order valence-electron chi connectivity index (χ3n) is 3.70. The van der Waals surface area contributed by atoms with Gasteiger partial charge in [0.2, 0.25) is 0 Å². The van der Waals surface area contributed by atoms with E-state index in [9.17, 15) is 4.79 Å². The quantitative estimate of drug-likeness (QED) is 0.801. The van der Waals surface area contributed by atoms with Gasteiger partial charge in [0.15, 0.2) is 0 Å². The van der Waals surface area contributed by atoms with E-state index >= 15 is 0 Å². The van der Waals surface area contributed by atoms with Gasteiger partial charge in [-0.1, -0.05) is 17.7 Å². The maximum absolute atomic E-state index is 12.5. The molecule has 1 aromatic rings. The van der Waals surface area contributed by atoms with Gasteiger partial charge in [0, 0.05) is 42.6 Å². The minimum absolute atomic E-state index is 0.0691. The maximum Gasteiger partial charge on any atom is 0.253 e. The second kappa shape index (κ2) is 7.30. The Labute approximate surface area is 130 Å². The van der Waals surface area contributed by atoms with E-state index in [1.54, 1.807) is 6.07 Å². The summed E-state index contributed by atoms with van der Waals surface area (Å²) < 4.78 is 0. The zero-order valence-corrected chi connectivity index (χ0v) is 13.3. The van der Waals surface area contributed by atoms with Crippen LogP contribution in [0.1, 0.15) is 22.3 Å². The molecule has 1 saturated heterocycles. The fourth-order valence-corrected chi connectivity index (χ4v) is 2.85. The number of benzene rings is 1. The van der Waals surface area contributed by atoms with Crippen LogP contribution < -0.4 is 0 Å². The number of hydrogen-bond acceptors (Lipinski definition) is 2. The van der Waals surface area contributed by atoms with Gasteiger partial charge in [-0.15, -0.1) is 11.6 Å². The molecule has 0 aliphatic carbocycles. The Morgan fingerprint density at radius 2 is 2.05 bits per heavy atom. The van der Waals surface area contributed by atoms with Crippen LogP contribution in [0, 0.1) is 6.92 Å². The molecule has 0 saturated carbocycles. The summed E-state index contributed by atoms with van der Waals surface area (Å²) >= 11 is 11.9. The minimum Gasteiger partial charge on any atom is -0.337 e. The topological polar surface area (TPSA) is 23.6 Å². The van der Waals surface area contributed by atoms with Crippen molar-refractivity contribution in [3.05, 3.63) is 34.3 Å². The van der Waals surface area contributed by atoms with Crippen molar-refractivity contribution in [2.75, 3.05) is 38.6 Å². The monoisotopic (exact) mass is 314 g/mol. The van der Waals surface area contributed by atoms with Gasteiger partial charge in [0.25, 0.3) is 5.91 Å². The molecule has 1 aromatic carbocycles. The maximum atomic E-state index is 12.5. The molecule has 3 nitrogen and oxygen atoms in total. The Balaban J connectivity index is 2.03. The molecular formula is C15H20Cl2N2O. The van der Waals surface area contributed by atoms with E-state index in [2.05, 4.69) is 4.90 Å². The van der Waals surface area contributed by atoms with Gasteiger partial charge < -0.3 is 9.80 Å². The first-order valence-corrected chi connectivity index (χ1v) is 7.87. The molecule has 0 spiro atoms. The highest BCUT2D eigenvalue weighted by Gasteiger charge is 2.20. The summed E-state index contributed by atoms with van der Waals surface area (Å²) in [5, 5.41) is 0.648. The highest BCUT2D eigenvalue weighted by atomic mass is 35.5. The fourth-order valence-electron chi connectivity index (χ4n) is 2.43. The minimum atomic E-state index is 0.0691. The van der Waals surface area contributed by atoms with Crippen LogP contribution >= 0.6 is 23.2 Å². The standard InChI is InChI=1S/C15H20Cl2N2O/c1-12-3-4-13(11-14(12)17)15(20)19-7-2-6-18(8-5-16)9-10-19/h3-4,11H,2,5-10H2,1H3.